The Hall–Kier alpha value is -1.92. The van der Waals surface area contributed by atoms with E-state index in [9.17, 15) is 9.70 Å². The molecule has 1 heterocycles. The molecule has 7 nitrogen and oxygen atoms in total. The van der Waals surface area contributed by atoms with Crippen LogP contribution in [0.25, 0.3) is 0 Å². The van der Waals surface area contributed by atoms with E-state index in [4.69, 9.17) is 5.11 Å². The third-order valence-corrected chi connectivity index (χ3v) is 1.95. The van der Waals surface area contributed by atoms with Crippen molar-refractivity contribution in [1.29, 1.82) is 0 Å². The summed E-state index contributed by atoms with van der Waals surface area (Å²) in [5, 5.41) is 12.9. The quantitative estimate of drug-likeness (QED) is 0.752. The van der Waals surface area contributed by atoms with Crippen LogP contribution < -0.4 is 0 Å². The van der Waals surface area contributed by atoms with E-state index in [0.717, 1.165) is 0 Å². The van der Waals surface area contributed by atoms with E-state index >= 15 is 0 Å². The predicted octanol–water partition coefficient (Wildman–Crippen LogP) is 0.881. The van der Waals surface area contributed by atoms with Gasteiger partial charge in [-0.25, -0.2) is 9.63 Å². The number of rotatable bonds is 4. The molecule has 1 N–H and O–H groups in total. The van der Waals surface area contributed by atoms with Gasteiger partial charge < -0.3 is 5.11 Å². The van der Waals surface area contributed by atoms with E-state index in [1.807, 2.05) is 0 Å². The molecular weight excluding hydrogens is 202 g/mol. The molecule has 0 aliphatic heterocycles. The van der Waals surface area contributed by atoms with E-state index < -0.39 is 5.97 Å². The van der Waals surface area contributed by atoms with Gasteiger partial charge in [-0.15, -0.1) is 0 Å². The Kier molecular flexibility index (Phi) is 3.03. The summed E-state index contributed by atoms with van der Waals surface area (Å²) in [5.41, 5.74) is 0.102. The Bertz CT molecular complexity index is 410. The first-order valence-electron chi connectivity index (χ1n) is 4.35. The number of carbonyl (C=O) groups is 1. The van der Waals surface area contributed by atoms with Crippen LogP contribution in [-0.4, -0.2) is 32.9 Å². The summed E-state index contributed by atoms with van der Waals surface area (Å²) in [7, 11) is 1.17. The van der Waals surface area contributed by atoms with Crippen LogP contribution in [0.5, 0.6) is 0 Å². The zero-order chi connectivity index (χ0) is 11.6. The fraction of sp³-hybridized carbons (Fsp3) is 0.500. The highest BCUT2D eigenvalue weighted by atomic mass is 16.8. The molecule has 0 saturated carbocycles. The van der Waals surface area contributed by atoms with Crippen molar-refractivity contribution in [3.8, 4) is 0 Å². The van der Waals surface area contributed by atoms with Gasteiger partial charge in [-0.05, 0) is 13.8 Å². The molecule has 0 radical (unpaired) electrons. The average Bonchev–Trinajstić information content (AvgIpc) is 2.54. The first-order chi connectivity index (χ1) is 7.02. The third kappa shape index (κ3) is 1.80. The molecular formula is C8H12N3O4+. The molecule has 0 unspecified atom stereocenters. The second-order valence-corrected chi connectivity index (χ2v) is 2.84. The highest BCUT2D eigenvalue weighted by Gasteiger charge is 2.34. The van der Waals surface area contributed by atoms with Crippen molar-refractivity contribution in [1.82, 2.24) is 9.78 Å². The minimum absolute atomic E-state index is 0.0631. The van der Waals surface area contributed by atoms with Crippen molar-refractivity contribution < 1.29 is 19.7 Å². The molecule has 1 aromatic heterocycles. The normalized spacial score (nSPS) is 10.1. The molecule has 0 aliphatic carbocycles. The maximum absolute atomic E-state index is 11.3. The maximum atomic E-state index is 11.3. The number of carboxylic acids is 1. The lowest BCUT2D eigenvalue weighted by molar-refractivity contribution is -0.737. The smallest absolute Gasteiger partial charge is 0.371 e. The second-order valence-electron chi connectivity index (χ2n) is 2.84. The van der Waals surface area contributed by atoms with Crippen LogP contribution in [0.2, 0.25) is 0 Å². The van der Waals surface area contributed by atoms with Crippen molar-refractivity contribution in [2.75, 3.05) is 7.11 Å². The van der Waals surface area contributed by atoms with E-state index in [-0.39, 0.29) is 16.3 Å². The number of hydrogen-bond acceptors (Lipinski definition) is 4. The van der Waals surface area contributed by atoms with Crippen molar-refractivity contribution in [2.45, 2.75) is 20.4 Å². The summed E-state index contributed by atoms with van der Waals surface area (Å²) in [6, 6.07) is 0. The molecule has 0 aromatic carbocycles. The molecule has 0 saturated heterocycles. The lowest BCUT2D eigenvalue weighted by Crippen LogP contribution is -2.11. The minimum Gasteiger partial charge on any atom is -0.476 e. The first-order valence-corrected chi connectivity index (χ1v) is 4.35. The van der Waals surface area contributed by atoms with E-state index in [1.54, 1.807) is 13.8 Å². The van der Waals surface area contributed by atoms with Crippen LogP contribution in [0.1, 0.15) is 23.1 Å². The number of aromatic nitrogens is 2. The van der Waals surface area contributed by atoms with Gasteiger partial charge in [-0.2, -0.15) is 5.10 Å². The van der Waals surface area contributed by atoms with Crippen LogP contribution in [0, 0.1) is 11.8 Å². The highest BCUT2D eigenvalue weighted by molar-refractivity contribution is 5.90. The second kappa shape index (κ2) is 4.07. The van der Waals surface area contributed by atoms with Gasteiger partial charge in [-0.3, -0.25) is 4.68 Å². The molecule has 15 heavy (non-hydrogen) atoms. The fourth-order valence-electron chi connectivity index (χ4n) is 1.32. The van der Waals surface area contributed by atoms with E-state index in [1.165, 1.54) is 11.8 Å². The number of carboxylic acid groups (broad SMARTS) is 1. The van der Waals surface area contributed by atoms with Crippen molar-refractivity contribution in [2.24, 2.45) is 0 Å². The predicted molar refractivity (Wildman–Crippen MR) is 49.9 cm³/mol. The van der Waals surface area contributed by atoms with Gasteiger partial charge in [0.25, 0.3) is 4.92 Å². The van der Waals surface area contributed by atoms with E-state index in [2.05, 4.69) is 9.94 Å². The Balaban J connectivity index is 3.41. The number of aromatic carboxylic acids is 1. The summed E-state index contributed by atoms with van der Waals surface area (Å²) >= 11 is 0. The van der Waals surface area contributed by atoms with Crippen molar-refractivity contribution in [3.05, 3.63) is 16.3 Å². The summed E-state index contributed by atoms with van der Waals surface area (Å²) in [6.45, 7) is 3.67. The summed E-state index contributed by atoms with van der Waals surface area (Å²) < 4.78 is 1.25. The first kappa shape index (κ1) is 11.2. The van der Waals surface area contributed by atoms with Gasteiger partial charge in [0.05, 0.1) is 4.91 Å². The van der Waals surface area contributed by atoms with Gasteiger partial charge in [0.2, 0.25) is 5.69 Å². The zero-order valence-electron chi connectivity index (χ0n) is 8.72. The molecule has 1 rings (SSSR count). The molecule has 1 aromatic rings. The van der Waals surface area contributed by atoms with Gasteiger partial charge in [-0.1, -0.05) is 0 Å². The Morgan fingerprint density at radius 3 is 2.67 bits per heavy atom. The number of aryl methyl sites for hydroxylation is 2. The highest BCUT2D eigenvalue weighted by Crippen LogP contribution is 2.23. The lowest BCUT2D eigenvalue weighted by atomic mass is 10.3. The topological polar surface area (TPSA) is 84.4 Å². The number of nitrogens with zero attached hydrogens (tertiary/aromatic N) is 3. The lowest BCUT2D eigenvalue weighted by Gasteiger charge is -1.96. The monoisotopic (exact) mass is 214 g/mol. The van der Waals surface area contributed by atoms with Crippen molar-refractivity contribution >= 4 is 11.7 Å². The summed E-state index contributed by atoms with van der Waals surface area (Å²) in [6.07, 6.45) is 0. The maximum Gasteiger partial charge on any atom is 0.371 e. The van der Waals surface area contributed by atoms with Gasteiger partial charge in [0, 0.05) is 6.54 Å². The van der Waals surface area contributed by atoms with E-state index in [0.29, 0.717) is 12.2 Å². The Morgan fingerprint density at radius 2 is 2.27 bits per heavy atom. The number of hydrogen-bond donors (Lipinski definition) is 1. The van der Waals surface area contributed by atoms with Crippen LogP contribution in [0.4, 0.5) is 5.69 Å². The minimum atomic E-state index is -1.20. The summed E-state index contributed by atoms with van der Waals surface area (Å²) in [4.78, 5) is 26.8. The molecule has 0 amide bonds. The standard InChI is InChI=1S/C8H11N3O4/c1-4-10-7(8(12)13)6(5(2)9-10)11(14)15-3/h4H2,1-3H3/p+1. The molecule has 82 valence electrons. The molecule has 0 atom stereocenters. The van der Waals surface area contributed by atoms with Crippen molar-refractivity contribution in [3.63, 3.8) is 0 Å². The van der Waals surface area contributed by atoms with Crippen LogP contribution in [0.3, 0.4) is 0 Å². The zero-order valence-corrected chi connectivity index (χ0v) is 8.72. The van der Waals surface area contributed by atoms with Gasteiger partial charge in [0.15, 0.2) is 7.11 Å². The summed E-state index contributed by atoms with van der Waals surface area (Å²) in [5.74, 6) is -1.20. The molecule has 7 heteroatoms. The van der Waals surface area contributed by atoms with Crippen LogP contribution in [-0.2, 0) is 11.4 Å². The Labute approximate surface area is 85.8 Å². The van der Waals surface area contributed by atoms with Crippen LogP contribution >= 0.6 is 0 Å². The molecule has 0 fully saturated rings. The largest absolute Gasteiger partial charge is 0.476 e. The fourth-order valence-corrected chi connectivity index (χ4v) is 1.32. The van der Waals surface area contributed by atoms with Gasteiger partial charge >= 0.3 is 11.7 Å². The molecule has 0 bridgehead atoms. The van der Waals surface area contributed by atoms with Crippen LogP contribution in [0.15, 0.2) is 0 Å². The third-order valence-electron chi connectivity index (χ3n) is 1.95. The van der Waals surface area contributed by atoms with Gasteiger partial charge in [0.1, 0.15) is 5.69 Å². The molecule has 0 aliphatic rings. The molecule has 0 spiro atoms. The Morgan fingerprint density at radius 1 is 1.67 bits per heavy atom. The average molecular weight is 214 g/mol. The SMILES string of the molecule is CCn1nc(C)c([N+](=O)OC)c1C(=O)O.